The Labute approximate surface area is 134 Å². The Bertz CT molecular complexity index is 889. The van der Waals surface area contributed by atoms with Crippen LogP contribution in [0.15, 0.2) is 29.4 Å². The van der Waals surface area contributed by atoms with Crippen molar-refractivity contribution in [3.05, 3.63) is 51.1 Å². The SMILES string of the molecule is Cc1cc(-c2n[nH]c(=S)n2N=Cc2c(F)cccc2Cl)n[nH]1. The van der Waals surface area contributed by atoms with Crippen molar-refractivity contribution in [2.24, 2.45) is 5.10 Å². The van der Waals surface area contributed by atoms with Crippen molar-refractivity contribution in [1.82, 2.24) is 25.1 Å². The van der Waals surface area contributed by atoms with Crippen molar-refractivity contribution in [3.63, 3.8) is 0 Å². The van der Waals surface area contributed by atoms with Crippen LogP contribution in [0, 0.1) is 17.5 Å². The van der Waals surface area contributed by atoms with Gasteiger partial charge in [0.1, 0.15) is 11.5 Å². The highest BCUT2D eigenvalue weighted by molar-refractivity contribution is 7.71. The molecule has 9 heteroatoms. The topological polar surface area (TPSA) is 74.7 Å². The second-order valence-corrected chi connectivity index (χ2v) is 5.27. The summed E-state index contributed by atoms with van der Waals surface area (Å²) in [7, 11) is 0. The van der Waals surface area contributed by atoms with Crippen LogP contribution < -0.4 is 0 Å². The summed E-state index contributed by atoms with van der Waals surface area (Å²) in [5.41, 5.74) is 1.62. The highest BCUT2D eigenvalue weighted by Crippen LogP contribution is 2.18. The standard InChI is InChI=1S/C13H10ClFN6S/c1-7-5-11(18-17-7)12-19-20-13(22)21(12)16-6-8-9(14)3-2-4-10(8)15/h2-6H,1H3,(H,17,18)(H,20,22). The number of aromatic nitrogens is 5. The molecule has 0 fully saturated rings. The second kappa shape index (κ2) is 5.82. The van der Waals surface area contributed by atoms with Gasteiger partial charge >= 0.3 is 0 Å². The van der Waals surface area contributed by atoms with Crippen molar-refractivity contribution in [2.75, 3.05) is 0 Å². The largest absolute Gasteiger partial charge is 0.282 e. The van der Waals surface area contributed by atoms with E-state index < -0.39 is 5.82 Å². The number of halogens is 2. The van der Waals surface area contributed by atoms with Gasteiger partial charge in [-0.15, -0.1) is 0 Å². The zero-order chi connectivity index (χ0) is 15.7. The molecule has 2 aromatic heterocycles. The number of aryl methyl sites for hydroxylation is 1. The van der Waals surface area contributed by atoms with Crippen LogP contribution in [0.1, 0.15) is 11.3 Å². The van der Waals surface area contributed by atoms with Gasteiger partial charge in [-0.05, 0) is 37.3 Å². The van der Waals surface area contributed by atoms with Gasteiger partial charge in [0.2, 0.25) is 10.6 Å². The molecule has 6 nitrogen and oxygen atoms in total. The van der Waals surface area contributed by atoms with Gasteiger partial charge in [0.05, 0.1) is 11.2 Å². The van der Waals surface area contributed by atoms with Gasteiger partial charge in [-0.1, -0.05) is 17.7 Å². The Morgan fingerprint density at radius 1 is 1.36 bits per heavy atom. The smallest absolute Gasteiger partial charge is 0.216 e. The van der Waals surface area contributed by atoms with Crippen LogP contribution in [0.25, 0.3) is 11.5 Å². The Hall–Kier alpha value is -2.32. The summed E-state index contributed by atoms with van der Waals surface area (Å²) in [4.78, 5) is 0. The molecular weight excluding hydrogens is 327 g/mol. The molecule has 112 valence electrons. The van der Waals surface area contributed by atoms with Crippen LogP contribution in [0.3, 0.4) is 0 Å². The Morgan fingerprint density at radius 2 is 2.18 bits per heavy atom. The van der Waals surface area contributed by atoms with Gasteiger partial charge in [0.25, 0.3) is 0 Å². The molecule has 2 N–H and O–H groups in total. The van der Waals surface area contributed by atoms with Gasteiger partial charge in [-0.25, -0.2) is 9.49 Å². The van der Waals surface area contributed by atoms with E-state index >= 15 is 0 Å². The third-order valence-electron chi connectivity index (χ3n) is 2.89. The van der Waals surface area contributed by atoms with Crippen LogP contribution in [-0.4, -0.2) is 31.3 Å². The number of hydrogen-bond acceptors (Lipinski definition) is 4. The monoisotopic (exact) mass is 336 g/mol. The molecule has 3 rings (SSSR count). The fraction of sp³-hybridized carbons (Fsp3) is 0.0769. The Morgan fingerprint density at radius 3 is 2.86 bits per heavy atom. The molecule has 0 atom stereocenters. The number of H-pyrrole nitrogens is 2. The lowest BCUT2D eigenvalue weighted by Gasteiger charge is -2.00. The molecule has 0 radical (unpaired) electrons. The zero-order valence-corrected chi connectivity index (χ0v) is 12.9. The van der Waals surface area contributed by atoms with E-state index in [-0.39, 0.29) is 15.4 Å². The molecule has 0 amide bonds. The van der Waals surface area contributed by atoms with Crippen LogP contribution >= 0.6 is 23.8 Å². The summed E-state index contributed by atoms with van der Waals surface area (Å²) in [6, 6.07) is 6.21. The first kappa shape index (κ1) is 14.6. The molecule has 22 heavy (non-hydrogen) atoms. The van der Waals surface area contributed by atoms with E-state index in [1.807, 2.05) is 6.92 Å². The van der Waals surface area contributed by atoms with Crippen molar-refractivity contribution >= 4 is 30.0 Å². The first-order valence-electron chi connectivity index (χ1n) is 6.24. The highest BCUT2D eigenvalue weighted by Gasteiger charge is 2.11. The average Bonchev–Trinajstić information content (AvgIpc) is 3.05. The van der Waals surface area contributed by atoms with Crippen LogP contribution in [0.4, 0.5) is 4.39 Å². The van der Waals surface area contributed by atoms with Crippen LogP contribution in [0.2, 0.25) is 5.02 Å². The number of benzene rings is 1. The second-order valence-electron chi connectivity index (χ2n) is 4.48. The quantitative estimate of drug-likeness (QED) is 0.569. The van der Waals surface area contributed by atoms with Gasteiger partial charge in [0, 0.05) is 11.3 Å². The molecule has 0 aliphatic heterocycles. The number of hydrogen-bond donors (Lipinski definition) is 2. The summed E-state index contributed by atoms with van der Waals surface area (Å²) in [5, 5.41) is 18.0. The summed E-state index contributed by atoms with van der Waals surface area (Å²) >= 11 is 11.1. The third-order valence-corrected chi connectivity index (χ3v) is 3.48. The first-order valence-corrected chi connectivity index (χ1v) is 7.03. The van der Waals surface area contributed by atoms with Crippen molar-refractivity contribution < 1.29 is 4.39 Å². The molecule has 2 heterocycles. The Balaban J connectivity index is 2.05. The molecule has 0 aliphatic rings. The maximum atomic E-state index is 13.8. The first-order chi connectivity index (χ1) is 10.6. The molecule has 0 saturated carbocycles. The molecule has 0 unspecified atom stereocenters. The normalized spacial score (nSPS) is 11.4. The van der Waals surface area contributed by atoms with Crippen LogP contribution in [0.5, 0.6) is 0 Å². The summed E-state index contributed by atoms with van der Waals surface area (Å²) in [6.45, 7) is 1.87. The number of nitrogens with one attached hydrogen (secondary N) is 2. The van der Waals surface area contributed by atoms with Gasteiger partial charge < -0.3 is 0 Å². The summed E-state index contributed by atoms with van der Waals surface area (Å²) in [5.74, 6) is -0.0542. The Kier molecular flexibility index (Phi) is 3.86. The molecule has 0 saturated heterocycles. The van der Waals surface area contributed by atoms with E-state index in [4.69, 9.17) is 23.8 Å². The summed E-state index contributed by atoms with van der Waals surface area (Å²) in [6.07, 6.45) is 1.30. The maximum absolute atomic E-state index is 13.8. The minimum Gasteiger partial charge on any atom is -0.282 e. The van der Waals surface area contributed by atoms with E-state index in [2.05, 4.69) is 25.5 Å². The fourth-order valence-electron chi connectivity index (χ4n) is 1.85. The minimum absolute atomic E-state index is 0.177. The van der Waals surface area contributed by atoms with E-state index in [9.17, 15) is 4.39 Å². The molecule has 3 aromatic rings. The fourth-order valence-corrected chi connectivity index (χ4v) is 2.24. The van der Waals surface area contributed by atoms with E-state index in [0.717, 1.165) is 5.69 Å². The molecular formula is C13H10ClFN6S. The van der Waals surface area contributed by atoms with Crippen molar-refractivity contribution in [2.45, 2.75) is 6.92 Å². The lowest BCUT2D eigenvalue weighted by atomic mass is 10.2. The third kappa shape index (κ3) is 2.70. The highest BCUT2D eigenvalue weighted by atomic mass is 35.5. The molecule has 0 aliphatic carbocycles. The molecule has 0 bridgehead atoms. The van der Waals surface area contributed by atoms with E-state index in [0.29, 0.717) is 11.5 Å². The predicted octanol–water partition coefficient (Wildman–Crippen LogP) is 3.31. The summed E-state index contributed by atoms with van der Waals surface area (Å²) < 4.78 is 15.4. The van der Waals surface area contributed by atoms with Gasteiger partial charge in [-0.2, -0.15) is 20.0 Å². The number of aromatic amines is 2. The van der Waals surface area contributed by atoms with Gasteiger partial charge in [0.15, 0.2) is 0 Å². The zero-order valence-electron chi connectivity index (χ0n) is 11.3. The lowest BCUT2D eigenvalue weighted by Crippen LogP contribution is -1.97. The van der Waals surface area contributed by atoms with Crippen molar-refractivity contribution in [1.29, 1.82) is 0 Å². The average molecular weight is 337 g/mol. The van der Waals surface area contributed by atoms with E-state index in [1.54, 1.807) is 12.1 Å². The lowest BCUT2D eigenvalue weighted by molar-refractivity contribution is 0.625. The van der Waals surface area contributed by atoms with Crippen LogP contribution in [-0.2, 0) is 0 Å². The predicted molar refractivity (Wildman–Crippen MR) is 84.1 cm³/mol. The van der Waals surface area contributed by atoms with E-state index in [1.165, 1.54) is 23.0 Å². The molecule has 0 spiro atoms. The maximum Gasteiger partial charge on any atom is 0.216 e. The van der Waals surface area contributed by atoms with Crippen molar-refractivity contribution in [3.8, 4) is 11.5 Å². The van der Waals surface area contributed by atoms with Gasteiger partial charge in [-0.3, -0.25) is 5.10 Å². The molecule has 1 aromatic carbocycles. The number of rotatable bonds is 3. The minimum atomic E-state index is -0.469. The number of nitrogens with zero attached hydrogens (tertiary/aromatic N) is 4.